The summed E-state index contributed by atoms with van der Waals surface area (Å²) >= 11 is 0. The van der Waals surface area contributed by atoms with Crippen LogP contribution in [0.15, 0.2) is 23.8 Å². The largest absolute Gasteiger partial charge is 0.303 e. The fraction of sp³-hybridized carbons (Fsp3) is 0.500. The number of likely N-dealkylation sites (N-methyl/N-ethyl adjacent to an activating group) is 1. The van der Waals surface area contributed by atoms with Crippen LogP contribution in [0.4, 0.5) is 0 Å². The molecule has 66 valence electrons. The summed E-state index contributed by atoms with van der Waals surface area (Å²) in [5.74, 6) is 0. The van der Waals surface area contributed by atoms with Gasteiger partial charge < -0.3 is 9.69 Å². The highest BCUT2D eigenvalue weighted by molar-refractivity contribution is 5.52. The average molecular weight is 165 g/mol. The Kier molecular flexibility index (Phi) is 3.74. The summed E-state index contributed by atoms with van der Waals surface area (Å²) in [6.45, 7) is 2.15. The lowest BCUT2D eigenvalue weighted by molar-refractivity contribution is -0.107. The van der Waals surface area contributed by atoms with Gasteiger partial charge in [0.25, 0.3) is 0 Å². The Bertz CT molecular complexity index is 206. The maximum absolute atomic E-state index is 10.0. The normalized spacial score (nSPS) is 19.6. The van der Waals surface area contributed by atoms with E-state index in [-0.39, 0.29) is 0 Å². The van der Waals surface area contributed by atoms with Crippen molar-refractivity contribution in [3.8, 4) is 0 Å². The average Bonchev–Trinajstić information content (AvgIpc) is 2.09. The standard InChI is InChI=1S/C10H15NO/c1-11-7-5-10(6-8-11)4-2-3-9-12/h2,4-5,9H,3,6-8H2,1H3/b4-2-. The molecule has 12 heavy (non-hydrogen) atoms. The van der Waals surface area contributed by atoms with Crippen LogP contribution in [0.3, 0.4) is 0 Å². The maximum atomic E-state index is 10.0. The molecule has 0 aromatic carbocycles. The van der Waals surface area contributed by atoms with Crippen molar-refractivity contribution >= 4 is 6.29 Å². The summed E-state index contributed by atoms with van der Waals surface area (Å²) in [7, 11) is 2.11. The molecule has 0 fully saturated rings. The number of carbonyl (C=O) groups excluding carboxylic acids is 1. The van der Waals surface area contributed by atoms with E-state index < -0.39 is 0 Å². The minimum atomic E-state index is 0.535. The van der Waals surface area contributed by atoms with E-state index in [0.717, 1.165) is 25.8 Å². The van der Waals surface area contributed by atoms with Gasteiger partial charge in [0.1, 0.15) is 6.29 Å². The van der Waals surface area contributed by atoms with Crippen molar-refractivity contribution in [2.24, 2.45) is 0 Å². The van der Waals surface area contributed by atoms with Crippen LogP contribution in [0.25, 0.3) is 0 Å². The van der Waals surface area contributed by atoms with Gasteiger partial charge in [0, 0.05) is 19.5 Å². The second-order valence-corrected chi connectivity index (χ2v) is 3.10. The van der Waals surface area contributed by atoms with Crippen molar-refractivity contribution in [2.75, 3.05) is 20.1 Å². The molecule has 0 spiro atoms. The fourth-order valence-electron chi connectivity index (χ4n) is 1.21. The van der Waals surface area contributed by atoms with Gasteiger partial charge in [0.2, 0.25) is 0 Å². The zero-order valence-corrected chi connectivity index (χ0v) is 7.49. The first-order chi connectivity index (χ1) is 5.83. The molecular weight excluding hydrogens is 150 g/mol. The lowest BCUT2D eigenvalue weighted by Gasteiger charge is -2.20. The summed E-state index contributed by atoms with van der Waals surface area (Å²) in [5, 5.41) is 0. The van der Waals surface area contributed by atoms with E-state index in [1.54, 1.807) is 0 Å². The van der Waals surface area contributed by atoms with E-state index in [1.165, 1.54) is 5.57 Å². The zero-order chi connectivity index (χ0) is 8.81. The Morgan fingerprint density at radius 2 is 2.50 bits per heavy atom. The van der Waals surface area contributed by atoms with Crippen molar-refractivity contribution in [2.45, 2.75) is 12.8 Å². The molecule has 0 saturated carbocycles. The molecule has 2 heteroatoms. The predicted octanol–water partition coefficient (Wildman–Crippen LogP) is 1.39. The molecule has 0 saturated heterocycles. The van der Waals surface area contributed by atoms with Gasteiger partial charge in [-0.3, -0.25) is 0 Å². The van der Waals surface area contributed by atoms with Gasteiger partial charge in [-0.2, -0.15) is 0 Å². The van der Waals surface area contributed by atoms with Gasteiger partial charge in [-0.1, -0.05) is 18.2 Å². The van der Waals surface area contributed by atoms with Crippen molar-refractivity contribution in [3.63, 3.8) is 0 Å². The first-order valence-corrected chi connectivity index (χ1v) is 4.30. The van der Waals surface area contributed by atoms with Gasteiger partial charge >= 0.3 is 0 Å². The summed E-state index contributed by atoms with van der Waals surface area (Å²) in [4.78, 5) is 12.3. The van der Waals surface area contributed by atoms with Crippen LogP contribution in [0, 0.1) is 0 Å². The first-order valence-electron chi connectivity index (χ1n) is 4.30. The van der Waals surface area contributed by atoms with Gasteiger partial charge in [-0.25, -0.2) is 0 Å². The van der Waals surface area contributed by atoms with Crippen LogP contribution in [-0.4, -0.2) is 31.3 Å². The topological polar surface area (TPSA) is 20.3 Å². The van der Waals surface area contributed by atoms with E-state index in [0.29, 0.717) is 6.42 Å². The Hall–Kier alpha value is -0.890. The lowest BCUT2D eigenvalue weighted by atomic mass is 10.1. The van der Waals surface area contributed by atoms with Gasteiger partial charge in [-0.15, -0.1) is 0 Å². The Balaban J connectivity index is 2.37. The van der Waals surface area contributed by atoms with E-state index in [2.05, 4.69) is 24.1 Å². The number of allylic oxidation sites excluding steroid dienone is 2. The number of carbonyl (C=O) groups is 1. The zero-order valence-electron chi connectivity index (χ0n) is 7.49. The van der Waals surface area contributed by atoms with Crippen LogP contribution in [0.2, 0.25) is 0 Å². The minimum Gasteiger partial charge on any atom is -0.303 e. The van der Waals surface area contributed by atoms with Crippen molar-refractivity contribution in [1.82, 2.24) is 4.90 Å². The molecule has 1 rings (SSSR count). The third-order valence-corrected chi connectivity index (χ3v) is 2.01. The number of rotatable bonds is 3. The van der Waals surface area contributed by atoms with Crippen molar-refractivity contribution in [3.05, 3.63) is 23.8 Å². The monoisotopic (exact) mass is 165 g/mol. The second-order valence-electron chi connectivity index (χ2n) is 3.10. The third kappa shape index (κ3) is 3.01. The molecular formula is C10H15NO. The molecule has 0 radical (unpaired) electrons. The molecule has 1 aliphatic heterocycles. The number of aldehydes is 1. The van der Waals surface area contributed by atoms with Crippen LogP contribution >= 0.6 is 0 Å². The second kappa shape index (κ2) is 4.88. The molecule has 2 nitrogen and oxygen atoms in total. The highest BCUT2D eigenvalue weighted by Gasteiger charge is 2.03. The predicted molar refractivity (Wildman–Crippen MR) is 50.0 cm³/mol. The van der Waals surface area contributed by atoms with Gasteiger partial charge in [-0.05, 0) is 19.0 Å². The van der Waals surface area contributed by atoms with Crippen LogP contribution in [0.5, 0.6) is 0 Å². The molecule has 1 aliphatic rings. The number of hydrogen-bond donors (Lipinski definition) is 0. The highest BCUT2D eigenvalue weighted by Crippen LogP contribution is 2.10. The van der Waals surface area contributed by atoms with Crippen LogP contribution in [0.1, 0.15) is 12.8 Å². The van der Waals surface area contributed by atoms with E-state index in [1.807, 2.05) is 6.08 Å². The molecule has 0 aromatic rings. The Labute approximate surface area is 73.6 Å². The molecule has 0 unspecified atom stereocenters. The fourth-order valence-corrected chi connectivity index (χ4v) is 1.21. The van der Waals surface area contributed by atoms with Crippen molar-refractivity contribution in [1.29, 1.82) is 0 Å². The maximum Gasteiger partial charge on any atom is 0.123 e. The van der Waals surface area contributed by atoms with E-state index >= 15 is 0 Å². The van der Waals surface area contributed by atoms with E-state index in [4.69, 9.17) is 0 Å². The molecule has 0 atom stereocenters. The van der Waals surface area contributed by atoms with E-state index in [9.17, 15) is 4.79 Å². The quantitative estimate of drug-likeness (QED) is 0.589. The summed E-state index contributed by atoms with van der Waals surface area (Å²) in [5.41, 5.74) is 1.36. The van der Waals surface area contributed by atoms with Crippen LogP contribution in [-0.2, 0) is 4.79 Å². The summed E-state index contributed by atoms with van der Waals surface area (Å²) in [6.07, 6.45) is 8.75. The summed E-state index contributed by atoms with van der Waals surface area (Å²) < 4.78 is 0. The number of hydrogen-bond acceptors (Lipinski definition) is 2. The molecule has 1 heterocycles. The SMILES string of the molecule is CN1CC=C(/C=C\CC=O)CC1. The lowest BCUT2D eigenvalue weighted by Crippen LogP contribution is -2.23. The number of nitrogens with zero attached hydrogens (tertiary/aromatic N) is 1. The molecule has 0 amide bonds. The Morgan fingerprint density at radius 1 is 1.67 bits per heavy atom. The first kappa shape index (κ1) is 9.20. The minimum absolute atomic E-state index is 0.535. The highest BCUT2D eigenvalue weighted by atomic mass is 16.1. The van der Waals surface area contributed by atoms with Gasteiger partial charge in [0.15, 0.2) is 0 Å². The molecule has 0 bridgehead atoms. The third-order valence-electron chi connectivity index (χ3n) is 2.01. The smallest absolute Gasteiger partial charge is 0.123 e. The molecule has 0 aliphatic carbocycles. The molecule has 0 aromatic heterocycles. The van der Waals surface area contributed by atoms with Gasteiger partial charge in [0.05, 0.1) is 0 Å². The summed E-state index contributed by atoms with van der Waals surface area (Å²) in [6, 6.07) is 0. The van der Waals surface area contributed by atoms with Crippen molar-refractivity contribution < 1.29 is 4.79 Å². The molecule has 0 N–H and O–H groups in total. The Morgan fingerprint density at radius 3 is 3.08 bits per heavy atom. The van der Waals surface area contributed by atoms with Crippen LogP contribution < -0.4 is 0 Å².